The summed E-state index contributed by atoms with van der Waals surface area (Å²) in [4.78, 5) is 11.7. The van der Waals surface area contributed by atoms with E-state index in [2.05, 4.69) is 24.4 Å². The van der Waals surface area contributed by atoms with Gasteiger partial charge in [0.2, 0.25) is 5.91 Å². The first-order valence-electron chi connectivity index (χ1n) is 9.31. The van der Waals surface area contributed by atoms with Crippen molar-refractivity contribution in [2.45, 2.75) is 71.6 Å². The van der Waals surface area contributed by atoms with Crippen LogP contribution in [0.1, 0.15) is 77.2 Å². The summed E-state index contributed by atoms with van der Waals surface area (Å²) in [6, 6.07) is 7.68. The molecule has 0 bridgehead atoms. The van der Waals surface area contributed by atoms with Gasteiger partial charge in [-0.05, 0) is 42.7 Å². The van der Waals surface area contributed by atoms with E-state index < -0.39 is 0 Å². The van der Waals surface area contributed by atoms with Gasteiger partial charge in [-0.3, -0.25) is 4.79 Å². The number of carbonyl (C=O) groups is 1. The third-order valence-corrected chi connectivity index (χ3v) is 3.76. The molecular weight excluding hydrogens is 300 g/mol. The van der Waals surface area contributed by atoms with E-state index in [1.54, 1.807) is 6.21 Å². The molecule has 4 heteroatoms. The quantitative estimate of drug-likeness (QED) is 0.311. The normalized spacial score (nSPS) is 10.9. The topological polar surface area (TPSA) is 50.7 Å². The van der Waals surface area contributed by atoms with Crippen LogP contribution in [0.4, 0.5) is 0 Å². The largest absolute Gasteiger partial charge is 0.494 e. The zero-order valence-corrected chi connectivity index (χ0v) is 15.2. The number of hydrogen-bond acceptors (Lipinski definition) is 3. The maximum absolute atomic E-state index is 11.7. The predicted octanol–water partition coefficient (Wildman–Crippen LogP) is 5.07. The Kier molecular flexibility index (Phi) is 11.4. The van der Waals surface area contributed by atoms with E-state index in [-0.39, 0.29) is 5.91 Å². The lowest BCUT2D eigenvalue weighted by Crippen LogP contribution is -2.16. The zero-order chi connectivity index (χ0) is 17.5. The molecule has 0 radical (unpaired) electrons. The molecule has 24 heavy (non-hydrogen) atoms. The van der Waals surface area contributed by atoms with Gasteiger partial charge in [-0.15, -0.1) is 0 Å². The lowest BCUT2D eigenvalue weighted by Gasteiger charge is -2.04. The first-order chi connectivity index (χ1) is 11.8. The third kappa shape index (κ3) is 10.0. The highest BCUT2D eigenvalue weighted by molar-refractivity contribution is 5.82. The molecule has 1 N–H and O–H groups in total. The van der Waals surface area contributed by atoms with Gasteiger partial charge in [0.1, 0.15) is 5.75 Å². The Labute approximate surface area is 146 Å². The SMILES string of the molecule is CCCCCCCCCC(=O)N/N=C/c1ccc(OCCC)cc1. The molecule has 0 saturated carbocycles. The number of nitrogens with zero attached hydrogens (tertiary/aromatic N) is 1. The number of hydrazone groups is 1. The Morgan fingerprint density at radius 1 is 1.00 bits per heavy atom. The van der Waals surface area contributed by atoms with Crippen LogP contribution in [-0.2, 0) is 4.79 Å². The second kappa shape index (κ2) is 13.6. The van der Waals surface area contributed by atoms with Crippen molar-refractivity contribution in [3.8, 4) is 5.75 Å². The van der Waals surface area contributed by atoms with E-state index in [4.69, 9.17) is 4.74 Å². The fourth-order valence-electron chi connectivity index (χ4n) is 2.35. The molecule has 1 amide bonds. The number of nitrogens with one attached hydrogen (secondary N) is 1. The fraction of sp³-hybridized carbons (Fsp3) is 0.600. The Morgan fingerprint density at radius 3 is 2.33 bits per heavy atom. The highest BCUT2D eigenvalue weighted by Crippen LogP contribution is 2.11. The van der Waals surface area contributed by atoms with Crippen molar-refractivity contribution in [1.82, 2.24) is 5.43 Å². The van der Waals surface area contributed by atoms with Gasteiger partial charge < -0.3 is 4.74 Å². The van der Waals surface area contributed by atoms with Crippen LogP contribution in [0, 0.1) is 0 Å². The van der Waals surface area contributed by atoms with Gasteiger partial charge >= 0.3 is 0 Å². The van der Waals surface area contributed by atoms with Gasteiger partial charge in [0.05, 0.1) is 12.8 Å². The van der Waals surface area contributed by atoms with Crippen LogP contribution in [0.15, 0.2) is 29.4 Å². The van der Waals surface area contributed by atoms with Crippen molar-refractivity contribution in [3.63, 3.8) is 0 Å². The van der Waals surface area contributed by atoms with Crippen molar-refractivity contribution >= 4 is 12.1 Å². The maximum atomic E-state index is 11.7. The molecule has 0 aromatic heterocycles. The summed E-state index contributed by atoms with van der Waals surface area (Å²) in [7, 11) is 0. The van der Waals surface area contributed by atoms with Crippen LogP contribution in [-0.4, -0.2) is 18.7 Å². The van der Waals surface area contributed by atoms with E-state index in [9.17, 15) is 4.79 Å². The fourth-order valence-corrected chi connectivity index (χ4v) is 2.35. The highest BCUT2D eigenvalue weighted by Gasteiger charge is 1.99. The first-order valence-corrected chi connectivity index (χ1v) is 9.31. The van der Waals surface area contributed by atoms with Gasteiger partial charge in [0.15, 0.2) is 0 Å². The molecule has 0 aliphatic heterocycles. The van der Waals surface area contributed by atoms with Gasteiger partial charge in [0, 0.05) is 6.42 Å². The summed E-state index contributed by atoms with van der Waals surface area (Å²) < 4.78 is 5.52. The Bertz CT molecular complexity index is 469. The molecule has 1 aromatic rings. The van der Waals surface area contributed by atoms with Crippen molar-refractivity contribution < 1.29 is 9.53 Å². The number of benzene rings is 1. The van der Waals surface area contributed by atoms with Crippen LogP contribution >= 0.6 is 0 Å². The van der Waals surface area contributed by atoms with Crippen molar-refractivity contribution in [2.75, 3.05) is 6.61 Å². The number of amides is 1. The summed E-state index contributed by atoms with van der Waals surface area (Å²) >= 11 is 0. The summed E-state index contributed by atoms with van der Waals surface area (Å²) in [6.07, 6.45) is 11.7. The molecule has 134 valence electrons. The Balaban J connectivity index is 2.13. The van der Waals surface area contributed by atoms with E-state index in [1.165, 1.54) is 32.1 Å². The molecule has 0 spiro atoms. The van der Waals surface area contributed by atoms with E-state index >= 15 is 0 Å². The van der Waals surface area contributed by atoms with Gasteiger partial charge in [-0.25, -0.2) is 5.43 Å². The molecule has 0 unspecified atom stereocenters. The average Bonchev–Trinajstić information content (AvgIpc) is 2.60. The summed E-state index contributed by atoms with van der Waals surface area (Å²) in [5, 5.41) is 4.01. The molecule has 0 fully saturated rings. The molecule has 0 saturated heterocycles. The number of rotatable bonds is 13. The second-order valence-corrected chi connectivity index (χ2v) is 6.08. The van der Waals surface area contributed by atoms with Crippen LogP contribution in [0.25, 0.3) is 0 Å². The number of hydrogen-bond donors (Lipinski definition) is 1. The van der Waals surface area contributed by atoms with Crippen LogP contribution in [0.5, 0.6) is 5.75 Å². The van der Waals surface area contributed by atoms with Crippen molar-refractivity contribution in [2.24, 2.45) is 5.10 Å². The molecule has 1 aromatic carbocycles. The molecule has 0 atom stereocenters. The number of ether oxygens (including phenoxy) is 1. The van der Waals surface area contributed by atoms with Gasteiger partial charge in [0.25, 0.3) is 0 Å². The lowest BCUT2D eigenvalue weighted by atomic mass is 10.1. The highest BCUT2D eigenvalue weighted by atomic mass is 16.5. The molecule has 0 heterocycles. The average molecular weight is 332 g/mol. The van der Waals surface area contributed by atoms with E-state index in [0.717, 1.165) is 37.2 Å². The maximum Gasteiger partial charge on any atom is 0.240 e. The Hall–Kier alpha value is -1.84. The second-order valence-electron chi connectivity index (χ2n) is 6.08. The number of carbonyl (C=O) groups excluding carboxylic acids is 1. The third-order valence-electron chi connectivity index (χ3n) is 3.76. The molecular formula is C20H32N2O2. The monoisotopic (exact) mass is 332 g/mol. The lowest BCUT2D eigenvalue weighted by molar-refractivity contribution is -0.121. The van der Waals surface area contributed by atoms with E-state index in [0.29, 0.717) is 6.42 Å². The molecule has 1 rings (SSSR count). The van der Waals surface area contributed by atoms with Crippen molar-refractivity contribution in [3.05, 3.63) is 29.8 Å². The van der Waals surface area contributed by atoms with E-state index in [1.807, 2.05) is 24.3 Å². The van der Waals surface area contributed by atoms with Gasteiger partial charge in [-0.1, -0.05) is 52.4 Å². The zero-order valence-electron chi connectivity index (χ0n) is 15.2. The summed E-state index contributed by atoms with van der Waals surface area (Å²) in [5.41, 5.74) is 3.53. The Morgan fingerprint density at radius 2 is 1.67 bits per heavy atom. The predicted molar refractivity (Wildman–Crippen MR) is 101 cm³/mol. The summed E-state index contributed by atoms with van der Waals surface area (Å²) in [6.45, 7) is 5.03. The minimum Gasteiger partial charge on any atom is -0.494 e. The number of unbranched alkanes of at least 4 members (excludes halogenated alkanes) is 6. The molecule has 0 aliphatic rings. The van der Waals surface area contributed by atoms with Gasteiger partial charge in [-0.2, -0.15) is 5.10 Å². The van der Waals surface area contributed by atoms with Crippen LogP contribution in [0.3, 0.4) is 0 Å². The molecule has 0 aliphatic carbocycles. The first kappa shape index (κ1) is 20.2. The van der Waals surface area contributed by atoms with Crippen LogP contribution in [0.2, 0.25) is 0 Å². The minimum absolute atomic E-state index is 0.0114. The minimum atomic E-state index is -0.0114. The molecule has 4 nitrogen and oxygen atoms in total. The van der Waals surface area contributed by atoms with Crippen LogP contribution < -0.4 is 10.2 Å². The standard InChI is InChI=1S/C20H32N2O2/c1-3-5-6-7-8-9-10-11-20(23)22-21-17-18-12-14-19(15-13-18)24-16-4-2/h12-15,17H,3-11,16H2,1-2H3,(H,22,23)/b21-17+. The smallest absolute Gasteiger partial charge is 0.240 e. The summed E-state index contributed by atoms with van der Waals surface area (Å²) in [5.74, 6) is 0.847. The van der Waals surface area contributed by atoms with Crippen molar-refractivity contribution in [1.29, 1.82) is 0 Å².